The monoisotopic (exact) mass is 401 g/mol. The molecule has 2 aromatic heterocycles. The fourth-order valence-electron chi connectivity index (χ4n) is 3.80. The lowest BCUT2D eigenvalue weighted by atomic mass is 9.88. The average molecular weight is 401 g/mol. The number of aliphatic hydroxyl groups is 1. The Hall–Kier alpha value is -3.64. The van der Waals surface area contributed by atoms with E-state index in [9.17, 15) is 13.9 Å². The molecule has 0 amide bonds. The molecule has 5 aromatic rings. The van der Waals surface area contributed by atoms with E-state index in [2.05, 4.69) is 10.1 Å². The van der Waals surface area contributed by atoms with Gasteiger partial charge in [-0.25, -0.2) is 13.5 Å². The van der Waals surface area contributed by atoms with E-state index in [4.69, 9.17) is 0 Å². The summed E-state index contributed by atoms with van der Waals surface area (Å²) >= 11 is 0. The highest BCUT2D eigenvalue weighted by atomic mass is 19.1. The molecule has 1 N–H and O–H groups in total. The summed E-state index contributed by atoms with van der Waals surface area (Å²) in [6.45, 7) is -1.02. The molecule has 0 aliphatic rings. The van der Waals surface area contributed by atoms with E-state index in [1.807, 2.05) is 30.3 Å². The van der Waals surface area contributed by atoms with Crippen LogP contribution in [0, 0.1) is 5.82 Å². The molecule has 6 heteroatoms. The van der Waals surface area contributed by atoms with E-state index in [1.165, 1.54) is 12.1 Å². The van der Waals surface area contributed by atoms with Crippen molar-refractivity contribution >= 4 is 21.7 Å². The molecule has 30 heavy (non-hydrogen) atoms. The molecule has 0 radical (unpaired) electrons. The molecule has 0 saturated heterocycles. The molecule has 0 bridgehead atoms. The average Bonchev–Trinajstić information content (AvgIpc) is 3.22. The highest BCUT2D eigenvalue weighted by Gasteiger charge is 2.35. The minimum absolute atomic E-state index is 0.272. The molecule has 0 aliphatic carbocycles. The van der Waals surface area contributed by atoms with Crippen molar-refractivity contribution in [3.63, 3.8) is 0 Å². The number of nitrogens with zero attached hydrogens (tertiary/aromatic N) is 3. The number of hydrogen-bond donors (Lipinski definition) is 1. The maximum atomic E-state index is 14.3. The van der Waals surface area contributed by atoms with Crippen LogP contribution in [0.5, 0.6) is 0 Å². The molecule has 4 nitrogen and oxygen atoms in total. The Morgan fingerprint density at radius 1 is 0.933 bits per heavy atom. The third-order valence-electron chi connectivity index (χ3n) is 5.38. The van der Waals surface area contributed by atoms with Crippen molar-refractivity contribution in [1.29, 1.82) is 0 Å². The number of alkyl halides is 1. The van der Waals surface area contributed by atoms with Gasteiger partial charge in [-0.3, -0.25) is 4.98 Å². The van der Waals surface area contributed by atoms with Gasteiger partial charge in [-0.1, -0.05) is 30.3 Å². The van der Waals surface area contributed by atoms with Gasteiger partial charge in [-0.2, -0.15) is 5.10 Å². The van der Waals surface area contributed by atoms with E-state index in [0.717, 1.165) is 16.3 Å². The first-order valence-corrected chi connectivity index (χ1v) is 9.47. The van der Waals surface area contributed by atoms with Crippen LogP contribution in [-0.4, -0.2) is 26.5 Å². The fourth-order valence-corrected chi connectivity index (χ4v) is 3.80. The lowest BCUT2D eigenvalue weighted by Gasteiger charge is -2.26. The van der Waals surface area contributed by atoms with E-state index in [0.29, 0.717) is 16.6 Å². The second kappa shape index (κ2) is 7.00. The zero-order chi connectivity index (χ0) is 20.7. The molecular weight excluding hydrogens is 384 g/mol. The number of benzene rings is 3. The van der Waals surface area contributed by atoms with Crippen LogP contribution in [0.3, 0.4) is 0 Å². The Labute approximate surface area is 171 Å². The van der Waals surface area contributed by atoms with Crippen molar-refractivity contribution in [2.45, 2.75) is 5.60 Å². The largest absolute Gasteiger partial charge is 0.376 e. The number of halogens is 2. The van der Waals surface area contributed by atoms with Crippen LogP contribution in [0.4, 0.5) is 8.78 Å². The van der Waals surface area contributed by atoms with Crippen molar-refractivity contribution in [3.8, 4) is 5.69 Å². The first-order valence-electron chi connectivity index (χ1n) is 9.47. The van der Waals surface area contributed by atoms with E-state index in [1.54, 1.807) is 47.4 Å². The van der Waals surface area contributed by atoms with Crippen molar-refractivity contribution < 1.29 is 13.9 Å². The molecule has 0 fully saturated rings. The summed E-state index contributed by atoms with van der Waals surface area (Å²) in [6, 6.07) is 20.4. The second-order valence-electron chi connectivity index (χ2n) is 7.18. The van der Waals surface area contributed by atoms with Gasteiger partial charge >= 0.3 is 0 Å². The molecule has 2 heterocycles. The zero-order valence-corrected chi connectivity index (χ0v) is 15.8. The van der Waals surface area contributed by atoms with Gasteiger partial charge in [0.05, 0.1) is 23.1 Å². The molecular formula is C24H17F2N3O. The first kappa shape index (κ1) is 18.4. The highest BCUT2D eigenvalue weighted by Crippen LogP contribution is 2.35. The van der Waals surface area contributed by atoms with Crippen LogP contribution in [0.1, 0.15) is 11.3 Å². The zero-order valence-electron chi connectivity index (χ0n) is 15.8. The van der Waals surface area contributed by atoms with Gasteiger partial charge in [-0.05, 0) is 53.4 Å². The quantitative estimate of drug-likeness (QED) is 0.465. The molecule has 0 aliphatic heterocycles. The number of rotatable bonds is 4. The smallest absolute Gasteiger partial charge is 0.160 e. The normalized spacial score (nSPS) is 13.6. The summed E-state index contributed by atoms with van der Waals surface area (Å²) in [5, 5.41) is 18.0. The SMILES string of the molecule is OC(CF)(c1ccc2c(cnn2-c2ccc(F)cc2)c1)c1nccc2ccccc12. The van der Waals surface area contributed by atoms with Gasteiger partial charge in [0.1, 0.15) is 12.5 Å². The fraction of sp³-hybridized carbons (Fsp3) is 0.0833. The predicted molar refractivity (Wildman–Crippen MR) is 112 cm³/mol. The topological polar surface area (TPSA) is 50.9 Å². The predicted octanol–water partition coefficient (Wildman–Crippen LogP) is 4.92. The van der Waals surface area contributed by atoms with Gasteiger partial charge in [0.25, 0.3) is 0 Å². The Bertz CT molecular complexity index is 1360. The Kier molecular flexibility index (Phi) is 4.29. The van der Waals surface area contributed by atoms with Crippen molar-refractivity contribution in [3.05, 3.63) is 102 Å². The summed E-state index contributed by atoms with van der Waals surface area (Å²) in [6.07, 6.45) is 3.21. The number of aromatic nitrogens is 3. The Balaban J connectivity index is 1.65. The van der Waals surface area contributed by atoms with Crippen molar-refractivity contribution in [1.82, 2.24) is 14.8 Å². The summed E-state index contributed by atoms with van der Waals surface area (Å²) < 4.78 is 29.2. The van der Waals surface area contributed by atoms with Crippen LogP contribution in [-0.2, 0) is 5.60 Å². The van der Waals surface area contributed by atoms with Crippen LogP contribution in [0.15, 0.2) is 85.2 Å². The molecule has 3 aromatic carbocycles. The summed E-state index contributed by atoms with van der Waals surface area (Å²) in [4.78, 5) is 4.32. The van der Waals surface area contributed by atoms with E-state index in [-0.39, 0.29) is 11.5 Å². The minimum Gasteiger partial charge on any atom is -0.376 e. The maximum Gasteiger partial charge on any atom is 0.160 e. The molecule has 1 unspecified atom stereocenters. The highest BCUT2D eigenvalue weighted by molar-refractivity contribution is 5.86. The Morgan fingerprint density at radius 3 is 2.53 bits per heavy atom. The lowest BCUT2D eigenvalue weighted by Crippen LogP contribution is -2.31. The van der Waals surface area contributed by atoms with Crippen molar-refractivity contribution in [2.75, 3.05) is 6.67 Å². The van der Waals surface area contributed by atoms with E-state index < -0.39 is 12.3 Å². The number of fused-ring (bicyclic) bond motifs is 2. The molecule has 0 spiro atoms. The Morgan fingerprint density at radius 2 is 1.73 bits per heavy atom. The number of hydrogen-bond acceptors (Lipinski definition) is 3. The summed E-state index contributed by atoms with van der Waals surface area (Å²) in [5.74, 6) is -0.326. The molecule has 1 atom stereocenters. The summed E-state index contributed by atoms with van der Waals surface area (Å²) in [5.41, 5.74) is 0.231. The maximum absolute atomic E-state index is 14.3. The van der Waals surface area contributed by atoms with Crippen LogP contribution < -0.4 is 0 Å². The van der Waals surface area contributed by atoms with Gasteiger partial charge < -0.3 is 5.11 Å². The van der Waals surface area contributed by atoms with Crippen LogP contribution in [0.2, 0.25) is 0 Å². The summed E-state index contributed by atoms with van der Waals surface area (Å²) in [7, 11) is 0. The third kappa shape index (κ3) is 2.84. The van der Waals surface area contributed by atoms with E-state index >= 15 is 0 Å². The van der Waals surface area contributed by atoms with Crippen molar-refractivity contribution in [2.24, 2.45) is 0 Å². The lowest BCUT2D eigenvalue weighted by molar-refractivity contribution is 0.0493. The molecule has 148 valence electrons. The molecule has 0 saturated carbocycles. The van der Waals surface area contributed by atoms with Crippen LogP contribution in [0.25, 0.3) is 27.4 Å². The first-order chi connectivity index (χ1) is 14.6. The van der Waals surface area contributed by atoms with Gasteiger partial charge in [-0.15, -0.1) is 0 Å². The van der Waals surface area contributed by atoms with Gasteiger partial charge in [0.15, 0.2) is 5.60 Å². The van der Waals surface area contributed by atoms with Gasteiger partial charge in [0, 0.05) is 17.0 Å². The van der Waals surface area contributed by atoms with Gasteiger partial charge in [0.2, 0.25) is 0 Å². The standard InChI is InChI=1S/C24H17F2N3O/c25-15-24(30,23-21-4-2-1-3-16(21)11-12-27-23)18-5-10-22-17(13-18)14-28-29(22)20-8-6-19(26)7-9-20/h1-14,30H,15H2. The minimum atomic E-state index is -1.90. The molecule has 5 rings (SSSR count). The number of pyridine rings is 1. The van der Waals surface area contributed by atoms with Crippen LogP contribution >= 0.6 is 0 Å². The third-order valence-corrected chi connectivity index (χ3v) is 5.38. The second-order valence-corrected chi connectivity index (χ2v) is 7.18.